The van der Waals surface area contributed by atoms with Crippen molar-refractivity contribution >= 4 is 5.91 Å². The minimum Gasteiger partial charge on any atom is -0.379 e. The van der Waals surface area contributed by atoms with Crippen LogP contribution in [0.2, 0.25) is 0 Å². The summed E-state index contributed by atoms with van der Waals surface area (Å²) in [6.45, 7) is 6.09. The van der Waals surface area contributed by atoms with Crippen molar-refractivity contribution in [3.05, 3.63) is 48.4 Å². The molecule has 3 aliphatic rings. The summed E-state index contributed by atoms with van der Waals surface area (Å²) in [6.07, 6.45) is 6.69. The third-order valence-electron chi connectivity index (χ3n) is 7.80. The molecule has 2 N–H and O–H groups in total. The highest BCUT2D eigenvalue weighted by molar-refractivity contribution is 5.83. The topological polar surface area (TPSA) is 79.4 Å². The second kappa shape index (κ2) is 10.3. The zero-order chi connectivity index (χ0) is 22.5. The number of rotatable bonds is 6. The Hall–Kier alpha value is -2.35. The van der Waals surface area contributed by atoms with Gasteiger partial charge in [0.25, 0.3) is 0 Å². The van der Waals surface area contributed by atoms with Gasteiger partial charge >= 0.3 is 0 Å². The summed E-state index contributed by atoms with van der Waals surface area (Å²) in [5, 5.41) is 6.77. The number of amides is 1. The summed E-state index contributed by atoms with van der Waals surface area (Å²) in [4.78, 5) is 25.2. The van der Waals surface area contributed by atoms with Crippen LogP contribution in [0.15, 0.2) is 42.6 Å². The van der Waals surface area contributed by atoms with E-state index in [2.05, 4.69) is 32.7 Å². The maximum Gasteiger partial charge on any atom is 0.227 e. The van der Waals surface area contributed by atoms with E-state index in [0.717, 1.165) is 82.2 Å². The average molecular weight is 450 g/mol. The van der Waals surface area contributed by atoms with E-state index in [-0.39, 0.29) is 11.3 Å². The Morgan fingerprint density at radius 1 is 1.18 bits per heavy atom. The summed E-state index contributed by atoms with van der Waals surface area (Å²) >= 11 is 0. The summed E-state index contributed by atoms with van der Waals surface area (Å²) in [7, 11) is 0. The summed E-state index contributed by atoms with van der Waals surface area (Å²) < 4.78 is 5.54. The maximum atomic E-state index is 13.5. The Morgan fingerprint density at radius 3 is 2.88 bits per heavy atom. The van der Waals surface area contributed by atoms with Crippen LogP contribution in [0.1, 0.15) is 31.5 Å². The second-order valence-corrected chi connectivity index (χ2v) is 9.63. The highest BCUT2D eigenvalue weighted by atomic mass is 16.5. The molecule has 0 radical (unpaired) electrons. The molecule has 3 fully saturated rings. The van der Waals surface area contributed by atoms with Crippen molar-refractivity contribution in [3.63, 3.8) is 0 Å². The summed E-state index contributed by atoms with van der Waals surface area (Å²) in [5.74, 6) is 1.42. The van der Waals surface area contributed by atoms with E-state index < -0.39 is 0 Å². The number of carbonyl (C=O) groups is 1. The average Bonchev–Trinajstić information content (AvgIpc) is 2.89. The van der Waals surface area contributed by atoms with Crippen LogP contribution in [-0.4, -0.2) is 72.8 Å². The molecule has 5 rings (SSSR count). The predicted molar refractivity (Wildman–Crippen MR) is 128 cm³/mol. The quantitative estimate of drug-likeness (QED) is 0.705. The van der Waals surface area contributed by atoms with E-state index in [1.54, 1.807) is 6.20 Å². The number of nitrogens with zero attached hydrogens (tertiary/aromatic N) is 3. The van der Waals surface area contributed by atoms with Gasteiger partial charge in [-0.15, -0.1) is 0 Å². The number of ether oxygens (including phenoxy) is 1. The Morgan fingerprint density at radius 2 is 2.03 bits per heavy atom. The molecule has 1 aliphatic carbocycles. The molecule has 3 heterocycles. The largest absolute Gasteiger partial charge is 0.379 e. The normalized spacial score (nSPS) is 28.1. The van der Waals surface area contributed by atoms with Gasteiger partial charge in [-0.3, -0.25) is 9.69 Å². The Balaban J connectivity index is 1.19. The monoisotopic (exact) mass is 449 g/mol. The molecule has 3 atom stereocenters. The fourth-order valence-corrected chi connectivity index (χ4v) is 5.92. The molecule has 1 aromatic heterocycles. The van der Waals surface area contributed by atoms with Crippen LogP contribution in [0.4, 0.5) is 0 Å². The maximum absolute atomic E-state index is 13.5. The van der Waals surface area contributed by atoms with Crippen LogP contribution < -0.4 is 10.6 Å². The molecule has 1 aromatic carbocycles. The number of fused-ring (bicyclic) bond motifs is 1. The number of carbonyl (C=O) groups excluding carboxylic acids is 1. The molecule has 2 aliphatic heterocycles. The molecule has 0 bridgehead atoms. The molecule has 33 heavy (non-hydrogen) atoms. The molecule has 176 valence electrons. The highest BCUT2D eigenvalue weighted by Gasteiger charge is 2.50. The van der Waals surface area contributed by atoms with Gasteiger partial charge < -0.3 is 15.4 Å². The van der Waals surface area contributed by atoms with E-state index in [9.17, 15) is 4.79 Å². The number of hydrogen-bond donors (Lipinski definition) is 2. The number of piperidine rings is 1. The van der Waals surface area contributed by atoms with Crippen molar-refractivity contribution in [3.8, 4) is 11.3 Å². The van der Waals surface area contributed by atoms with Gasteiger partial charge in [0, 0.05) is 50.4 Å². The van der Waals surface area contributed by atoms with Crippen LogP contribution in [0.5, 0.6) is 0 Å². The number of nitrogens with one attached hydrogen (secondary N) is 2. The van der Waals surface area contributed by atoms with Gasteiger partial charge in [0.05, 0.1) is 24.3 Å². The third kappa shape index (κ3) is 4.95. The van der Waals surface area contributed by atoms with Crippen LogP contribution in [0.3, 0.4) is 0 Å². The molecule has 2 aromatic rings. The van der Waals surface area contributed by atoms with E-state index in [0.29, 0.717) is 24.9 Å². The lowest BCUT2D eigenvalue weighted by Crippen LogP contribution is -2.60. The molecular formula is C26H35N5O2. The zero-order valence-corrected chi connectivity index (χ0v) is 19.3. The van der Waals surface area contributed by atoms with Crippen LogP contribution in [-0.2, 0) is 16.0 Å². The highest BCUT2D eigenvalue weighted by Crippen LogP contribution is 2.46. The van der Waals surface area contributed by atoms with Gasteiger partial charge in [-0.05, 0) is 44.2 Å². The van der Waals surface area contributed by atoms with E-state index in [4.69, 9.17) is 9.72 Å². The first-order valence-electron chi connectivity index (χ1n) is 12.4. The Bertz CT molecular complexity index is 933. The van der Waals surface area contributed by atoms with Crippen molar-refractivity contribution in [2.75, 3.05) is 45.9 Å². The molecule has 2 saturated heterocycles. The molecule has 0 unspecified atom stereocenters. The predicted octanol–water partition coefficient (Wildman–Crippen LogP) is 2.28. The lowest BCUT2D eigenvalue weighted by molar-refractivity contribution is -0.140. The van der Waals surface area contributed by atoms with Crippen molar-refractivity contribution in [1.82, 2.24) is 25.5 Å². The standard InChI is InChI=1S/C26H35N5O2/c32-25(29-13-9-24-28-12-8-23(30-24)20-4-2-1-3-5-20)26-10-6-22(31-14-16-33-17-15-31)18-21(26)7-11-27-19-26/h1-5,8,12,21-22,27H,6-7,9-11,13-19H2,(H,29,32)/t21-,22-,26-/m1/s1. The number of hydrogen-bond acceptors (Lipinski definition) is 6. The number of benzene rings is 1. The molecule has 0 spiro atoms. The second-order valence-electron chi connectivity index (χ2n) is 9.63. The van der Waals surface area contributed by atoms with E-state index in [1.165, 1.54) is 0 Å². The smallest absolute Gasteiger partial charge is 0.227 e. The van der Waals surface area contributed by atoms with Gasteiger partial charge in [-0.25, -0.2) is 9.97 Å². The van der Waals surface area contributed by atoms with E-state index in [1.807, 2.05) is 24.3 Å². The third-order valence-corrected chi connectivity index (χ3v) is 7.80. The molecule has 7 heteroatoms. The lowest BCUT2D eigenvalue weighted by Gasteiger charge is -2.50. The molecule has 7 nitrogen and oxygen atoms in total. The SMILES string of the molecule is O=C(NCCc1nccc(-c2ccccc2)n1)[C@@]12CC[C@@H](N3CCOCC3)C[C@H]1CCNC2. The number of morpholine rings is 1. The van der Waals surface area contributed by atoms with Crippen molar-refractivity contribution < 1.29 is 9.53 Å². The van der Waals surface area contributed by atoms with Crippen LogP contribution in [0, 0.1) is 11.3 Å². The lowest BCUT2D eigenvalue weighted by atomic mass is 9.61. The number of aromatic nitrogens is 2. The van der Waals surface area contributed by atoms with Crippen molar-refractivity contribution in [2.45, 2.75) is 38.1 Å². The van der Waals surface area contributed by atoms with Gasteiger partial charge in [-0.1, -0.05) is 30.3 Å². The van der Waals surface area contributed by atoms with E-state index >= 15 is 0 Å². The summed E-state index contributed by atoms with van der Waals surface area (Å²) in [5.41, 5.74) is 1.72. The minimum atomic E-state index is -0.284. The molecule has 1 saturated carbocycles. The molecular weight excluding hydrogens is 414 g/mol. The fourth-order valence-electron chi connectivity index (χ4n) is 5.92. The van der Waals surface area contributed by atoms with Crippen LogP contribution >= 0.6 is 0 Å². The minimum absolute atomic E-state index is 0.208. The molecule has 1 amide bonds. The zero-order valence-electron chi connectivity index (χ0n) is 19.3. The fraction of sp³-hybridized carbons (Fsp3) is 0.577. The van der Waals surface area contributed by atoms with Crippen LogP contribution in [0.25, 0.3) is 11.3 Å². The first-order chi connectivity index (χ1) is 16.2. The van der Waals surface area contributed by atoms with Gasteiger partial charge in [-0.2, -0.15) is 0 Å². The van der Waals surface area contributed by atoms with Gasteiger partial charge in [0.2, 0.25) is 5.91 Å². The Labute approximate surface area is 196 Å². The van der Waals surface area contributed by atoms with Gasteiger partial charge in [0.15, 0.2) is 0 Å². The van der Waals surface area contributed by atoms with Gasteiger partial charge in [0.1, 0.15) is 5.82 Å². The first-order valence-corrected chi connectivity index (χ1v) is 12.4. The Kier molecular flexibility index (Phi) is 6.99. The summed E-state index contributed by atoms with van der Waals surface area (Å²) in [6, 6.07) is 12.7. The van der Waals surface area contributed by atoms with Crippen molar-refractivity contribution in [1.29, 1.82) is 0 Å². The van der Waals surface area contributed by atoms with Crippen molar-refractivity contribution in [2.24, 2.45) is 11.3 Å². The first kappa shape index (κ1) is 22.4.